The molecule has 2 unspecified atom stereocenters. The van der Waals surface area contributed by atoms with Gasteiger partial charge in [-0.05, 0) is 50.7 Å². The molecule has 2 aromatic heterocycles. The van der Waals surface area contributed by atoms with Crippen LogP contribution in [0.15, 0.2) is 41.0 Å². The van der Waals surface area contributed by atoms with Crippen molar-refractivity contribution in [1.29, 1.82) is 5.26 Å². The van der Waals surface area contributed by atoms with Gasteiger partial charge in [-0.3, -0.25) is 0 Å². The zero-order valence-corrected chi connectivity index (χ0v) is 21.1. The summed E-state index contributed by atoms with van der Waals surface area (Å²) in [7, 11) is 2.08. The van der Waals surface area contributed by atoms with Crippen molar-refractivity contribution in [2.24, 2.45) is 0 Å². The fraction of sp³-hybridized carbons (Fsp3) is 0.393. The number of likely N-dealkylation sites (tertiary alicyclic amines) is 1. The highest BCUT2D eigenvalue weighted by atomic mass is 19.1. The van der Waals surface area contributed by atoms with E-state index in [9.17, 15) is 14.0 Å². The van der Waals surface area contributed by atoms with Crippen LogP contribution in [-0.4, -0.2) is 66.8 Å². The fourth-order valence-electron chi connectivity index (χ4n) is 5.58. The number of hydrogen-bond acceptors (Lipinski definition) is 8. The number of furan rings is 1. The van der Waals surface area contributed by atoms with E-state index in [-0.39, 0.29) is 23.7 Å². The normalized spacial score (nSPS) is 20.3. The summed E-state index contributed by atoms with van der Waals surface area (Å²) >= 11 is 0. The molecular formula is C28H28F2N6O2. The molecule has 2 aliphatic rings. The van der Waals surface area contributed by atoms with E-state index in [0.29, 0.717) is 65.9 Å². The molecular weight excluding hydrogens is 490 g/mol. The van der Waals surface area contributed by atoms with E-state index in [1.165, 1.54) is 24.5 Å². The molecule has 0 saturated carbocycles. The number of nitrogens with zero attached hydrogens (tertiary/aromatic N) is 5. The van der Waals surface area contributed by atoms with Crippen LogP contribution in [0.3, 0.4) is 0 Å². The maximum Gasteiger partial charge on any atom is 0.319 e. The number of nitriles is 1. The molecule has 2 atom stereocenters. The molecule has 38 heavy (non-hydrogen) atoms. The molecule has 4 aromatic rings. The van der Waals surface area contributed by atoms with E-state index in [4.69, 9.17) is 19.1 Å². The number of nitrogens with one attached hydrogen (secondary N) is 1. The number of anilines is 1. The predicted molar refractivity (Wildman–Crippen MR) is 140 cm³/mol. The third kappa shape index (κ3) is 4.42. The Morgan fingerprint density at radius 3 is 2.82 bits per heavy atom. The Hall–Kier alpha value is -3.81. The van der Waals surface area contributed by atoms with Crippen molar-refractivity contribution in [3.63, 3.8) is 0 Å². The fourth-order valence-corrected chi connectivity index (χ4v) is 5.58. The van der Waals surface area contributed by atoms with Crippen LogP contribution < -0.4 is 15.0 Å². The monoisotopic (exact) mass is 518 g/mol. The quantitative estimate of drug-likeness (QED) is 0.400. The van der Waals surface area contributed by atoms with Crippen LogP contribution in [0.2, 0.25) is 0 Å². The van der Waals surface area contributed by atoms with Crippen LogP contribution in [0.4, 0.5) is 14.6 Å². The average molecular weight is 519 g/mol. The second-order valence-corrected chi connectivity index (χ2v) is 9.96. The van der Waals surface area contributed by atoms with Crippen LogP contribution in [0.5, 0.6) is 6.01 Å². The van der Waals surface area contributed by atoms with E-state index >= 15 is 0 Å². The minimum atomic E-state index is -0.664. The standard InChI is InChI=1S/C28H28F2N6O2/c1-35-11-3-4-18(35)16-38-28-33-23-14-20(24-21(29)5-2-6-22(24)30)19-8-13-37-26(19)25(23)27(34-28)36-12-10-32-17(15-36)7-9-31/h2,5-6,8,13-14,17-18,32H,3-4,7,10-12,15-16H2,1H3. The lowest BCUT2D eigenvalue weighted by molar-refractivity contribution is 0.188. The summed E-state index contributed by atoms with van der Waals surface area (Å²) in [6.07, 6.45) is 4.02. The van der Waals surface area contributed by atoms with Gasteiger partial charge in [0.1, 0.15) is 29.6 Å². The van der Waals surface area contributed by atoms with E-state index in [2.05, 4.69) is 28.2 Å². The molecule has 0 radical (unpaired) electrons. The number of halogens is 2. The van der Waals surface area contributed by atoms with Crippen LogP contribution in [0.1, 0.15) is 19.3 Å². The first-order valence-corrected chi connectivity index (χ1v) is 12.9. The van der Waals surface area contributed by atoms with E-state index < -0.39 is 11.6 Å². The van der Waals surface area contributed by atoms with E-state index in [1.807, 2.05) is 0 Å². The molecule has 2 fully saturated rings. The number of hydrogen-bond donors (Lipinski definition) is 1. The Morgan fingerprint density at radius 2 is 2.05 bits per heavy atom. The molecule has 2 saturated heterocycles. The summed E-state index contributed by atoms with van der Waals surface area (Å²) in [6.45, 7) is 3.37. The Kier molecular flexibility index (Phi) is 6.55. The largest absolute Gasteiger partial charge is 0.463 e. The van der Waals surface area contributed by atoms with Gasteiger partial charge < -0.3 is 24.3 Å². The molecule has 0 bridgehead atoms. The Labute approximate surface area is 218 Å². The molecule has 10 heteroatoms. The van der Waals surface area contributed by atoms with Gasteiger partial charge in [0.2, 0.25) is 0 Å². The van der Waals surface area contributed by atoms with Gasteiger partial charge in [-0.25, -0.2) is 8.78 Å². The second kappa shape index (κ2) is 10.2. The maximum atomic E-state index is 14.9. The lowest BCUT2D eigenvalue weighted by atomic mass is 9.98. The van der Waals surface area contributed by atoms with Crippen molar-refractivity contribution in [3.8, 4) is 23.2 Å². The molecule has 1 N–H and O–H groups in total. The summed E-state index contributed by atoms with van der Waals surface area (Å²) in [6, 6.07) is 9.90. The van der Waals surface area contributed by atoms with Gasteiger partial charge in [0.05, 0.1) is 35.2 Å². The minimum absolute atomic E-state index is 0.0193. The van der Waals surface area contributed by atoms with Crippen LogP contribution in [-0.2, 0) is 0 Å². The topological polar surface area (TPSA) is 90.5 Å². The van der Waals surface area contributed by atoms with Crippen LogP contribution in [0.25, 0.3) is 33.0 Å². The molecule has 2 aliphatic heterocycles. The van der Waals surface area contributed by atoms with Crippen molar-refractivity contribution < 1.29 is 17.9 Å². The van der Waals surface area contributed by atoms with Crippen molar-refractivity contribution >= 4 is 27.7 Å². The molecule has 4 heterocycles. The molecule has 0 aliphatic carbocycles. The molecule has 2 aromatic carbocycles. The summed E-state index contributed by atoms with van der Waals surface area (Å²) in [5.74, 6) is -0.707. The predicted octanol–water partition coefficient (Wildman–Crippen LogP) is 4.49. The van der Waals surface area contributed by atoms with Crippen LogP contribution >= 0.6 is 0 Å². The lowest BCUT2D eigenvalue weighted by Gasteiger charge is -2.34. The minimum Gasteiger partial charge on any atom is -0.463 e. The molecule has 0 spiro atoms. The van der Waals surface area contributed by atoms with Gasteiger partial charge in [0.15, 0.2) is 0 Å². The van der Waals surface area contributed by atoms with Crippen molar-refractivity contribution in [3.05, 3.63) is 48.2 Å². The van der Waals surface area contributed by atoms with Gasteiger partial charge in [-0.2, -0.15) is 15.2 Å². The molecule has 8 nitrogen and oxygen atoms in total. The highest BCUT2D eigenvalue weighted by Gasteiger charge is 2.28. The summed E-state index contributed by atoms with van der Waals surface area (Å²) < 4.78 is 41.8. The first-order valence-electron chi connectivity index (χ1n) is 12.9. The highest BCUT2D eigenvalue weighted by Crippen LogP contribution is 2.41. The number of fused-ring (bicyclic) bond motifs is 3. The first kappa shape index (κ1) is 24.5. The number of piperazine rings is 1. The van der Waals surface area contributed by atoms with Crippen LogP contribution in [0, 0.1) is 23.0 Å². The van der Waals surface area contributed by atoms with E-state index in [0.717, 1.165) is 19.4 Å². The zero-order chi connectivity index (χ0) is 26.2. The van der Waals surface area contributed by atoms with Gasteiger partial charge >= 0.3 is 6.01 Å². The first-order chi connectivity index (χ1) is 18.5. The second-order valence-electron chi connectivity index (χ2n) is 9.96. The van der Waals surface area contributed by atoms with Gasteiger partial charge in [-0.15, -0.1) is 0 Å². The summed E-state index contributed by atoms with van der Waals surface area (Å²) in [4.78, 5) is 13.9. The van der Waals surface area contributed by atoms with Gasteiger partial charge in [0, 0.05) is 42.7 Å². The number of aromatic nitrogens is 2. The number of rotatable bonds is 6. The average Bonchev–Trinajstić information content (AvgIpc) is 3.56. The highest BCUT2D eigenvalue weighted by molar-refractivity contribution is 6.14. The van der Waals surface area contributed by atoms with Crippen molar-refractivity contribution in [2.75, 3.05) is 44.7 Å². The number of ether oxygens (including phenoxy) is 1. The van der Waals surface area contributed by atoms with Gasteiger partial charge in [0.25, 0.3) is 0 Å². The van der Waals surface area contributed by atoms with E-state index in [1.54, 1.807) is 12.1 Å². The maximum absolute atomic E-state index is 14.9. The Balaban J connectivity index is 1.52. The smallest absolute Gasteiger partial charge is 0.319 e. The Bertz CT molecular complexity index is 1510. The number of likely N-dealkylation sites (N-methyl/N-ethyl adjacent to an activating group) is 1. The van der Waals surface area contributed by atoms with Crippen molar-refractivity contribution in [2.45, 2.75) is 31.3 Å². The number of benzene rings is 2. The lowest BCUT2D eigenvalue weighted by Crippen LogP contribution is -2.51. The third-order valence-electron chi connectivity index (χ3n) is 7.56. The SMILES string of the molecule is CN1CCCC1COc1nc(N2CCNC(CC#N)C2)c2c(cc(-c3c(F)cccc3F)c3ccoc32)n1. The molecule has 0 amide bonds. The van der Waals surface area contributed by atoms with Crippen molar-refractivity contribution in [1.82, 2.24) is 20.2 Å². The Morgan fingerprint density at radius 1 is 1.21 bits per heavy atom. The molecule has 6 rings (SSSR count). The summed E-state index contributed by atoms with van der Waals surface area (Å²) in [5, 5.41) is 13.8. The molecule has 196 valence electrons. The van der Waals surface area contributed by atoms with Gasteiger partial charge in [-0.1, -0.05) is 6.07 Å². The zero-order valence-electron chi connectivity index (χ0n) is 21.1. The third-order valence-corrected chi connectivity index (χ3v) is 7.56. The summed E-state index contributed by atoms with van der Waals surface area (Å²) in [5.41, 5.74) is 1.14.